The summed E-state index contributed by atoms with van der Waals surface area (Å²) in [6.07, 6.45) is 9.14. The van der Waals surface area contributed by atoms with Gasteiger partial charge in [0.25, 0.3) is 0 Å². The van der Waals surface area contributed by atoms with Gasteiger partial charge in [-0.05, 0) is 38.5 Å². The molecule has 3 heteroatoms. The molecule has 18 heavy (non-hydrogen) atoms. The Bertz CT molecular complexity index is 259. The summed E-state index contributed by atoms with van der Waals surface area (Å²) in [6, 6.07) is 0.761. The largest absolute Gasteiger partial charge is 0.381 e. The van der Waals surface area contributed by atoms with Crippen LogP contribution in [0.2, 0.25) is 0 Å². The van der Waals surface area contributed by atoms with E-state index in [0.717, 1.165) is 25.2 Å². The molecule has 2 heterocycles. The summed E-state index contributed by atoms with van der Waals surface area (Å²) in [5.41, 5.74) is 0. The predicted molar refractivity (Wildman–Crippen MR) is 71.7 cm³/mol. The molecule has 0 spiro atoms. The van der Waals surface area contributed by atoms with Crippen molar-refractivity contribution in [2.75, 3.05) is 26.3 Å². The van der Waals surface area contributed by atoms with Gasteiger partial charge < -0.3 is 9.47 Å². The van der Waals surface area contributed by atoms with Crippen molar-refractivity contribution in [3.63, 3.8) is 0 Å². The van der Waals surface area contributed by atoms with Crippen molar-refractivity contribution in [2.24, 2.45) is 5.92 Å². The molecule has 0 aromatic rings. The molecule has 4 unspecified atom stereocenters. The summed E-state index contributed by atoms with van der Waals surface area (Å²) in [4.78, 5) is 2.73. The molecular weight excluding hydrogens is 226 g/mol. The molecule has 2 aliphatic heterocycles. The number of fused-ring (bicyclic) bond motifs is 2. The van der Waals surface area contributed by atoms with Gasteiger partial charge in [0, 0.05) is 25.7 Å². The third-order valence-corrected chi connectivity index (χ3v) is 4.95. The smallest absolute Gasteiger partial charge is 0.0707 e. The lowest BCUT2D eigenvalue weighted by atomic mass is 9.83. The fourth-order valence-corrected chi connectivity index (χ4v) is 4.05. The molecule has 2 bridgehead atoms. The maximum atomic E-state index is 5.96. The molecule has 3 aliphatic rings. The van der Waals surface area contributed by atoms with Crippen molar-refractivity contribution < 1.29 is 9.47 Å². The monoisotopic (exact) mass is 253 g/mol. The molecule has 0 aromatic heterocycles. The van der Waals surface area contributed by atoms with Crippen LogP contribution in [0.5, 0.6) is 0 Å². The molecule has 1 aliphatic carbocycles. The Kier molecular flexibility index (Phi) is 4.22. The zero-order valence-corrected chi connectivity index (χ0v) is 11.6. The van der Waals surface area contributed by atoms with Gasteiger partial charge in [-0.3, -0.25) is 4.90 Å². The first-order chi connectivity index (χ1) is 8.86. The molecule has 1 saturated carbocycles. The molecule has 4 atom stereocenters. The van der Waals surface area contributed by atoms with E-state index >= 15 is 0 Å². The van der Waals surface area contributed by atoms with Gasteiger partial charge in [-0.25, -0.2) is 0 Å². The summed E-state index contributed by atoms with van der Waals surface area (Å²) in [5, 5.41) is 0. The van der Waals surface area contributed by atoms with Gasteiger partial charge in [0.1, 0.15) is 0 Å². The van der Waals surface area contributed by atoms with E-state index < -0.39 is 0 Å². The number of likely N-dealkylation sites (tertiary alicyclic amines) is 1. The van der Waals surface area contributed by atoms with Crippen LogP contribution >= 0.6 is 0 Å². The molecular formula is C15H27NO2. The number of hydrogen-bond acceptors (Lipinski definition) is 3. The Morgan fingerprint density at radius 2 is 1.78 bits per heavy atom. The Labute approximate surface area is 111 Å². The number of hydrogen-bond donors (Lipinski definition) is 0. The van der Waals surface area contributed by atoms with E-state index in [0.29, 0.717) is 12.2 Å². The minimum atomic E-state index is 0.526. The van der Waals surface area contributed by atoms with E-state index in [1.165, 1.54) is 51.6 Å². The third-order valence-electron chi connectivity index (χ3n) is 4.95. The second-order valence-corrected chi connectivity index (χ2v) is 6.18. The summed E-state index contributed by atoms with van der Waals surface area (Å²) < 4.78 is 11.7. The first-order valence-electron chi connectivity index (χ1n) is 7.84. The highest BCUT2D eigenvalue weighted by atomic mass is 16.5. The fraction of sp³-hybridized carbons (Fsp3) is 1.00. The van der Waals surface area contributed by atoms with Crippen LogP contribution in [0.1, 0.15) is 45.4 Å². The third kappa shape index (κ3) is 2.73. The number of nitrogens with zero attached hydrogens (tertiary/aromatic N) is 1. The Balaban J connectivity index is 1.61. The van der Waals surface area contributed by atoms with E-state index in [9.17, 15) is 0 Å². The van der Waals surface area contributed by atoms with Gasteiger partial charge in [-0.1, -0.05) is 12.8 Å². The van der Waals surface area contributed by atoms with E-state index in [2.05, 4.69) is 11.8 Å². The standard InChI is InChI=1S/C15H27NO2/c1-2-17-11-12-5-3-4-6-15(12)16-9-13-7-8-14(10-16)18-13/h12-15H,2-11H2,1H3. The van der Waals surface area contributed by atoms with Gasteiger partial charge in [0.2, 0.25) is 0 Å². The van der Waals surface area contributed by atoms with E-state index in [1.807, 2.05) is 0 Å². The average molecular weight is 253 g/mol. The van der Waals surface area contributed by atoms with E-state index in [4.69, 9.17) is 9.47 Å². The highest BCUT2D eigenvalue weighted by Crippen LogP contribution is 2.34. The van der Waals surface area contributed by atoms with Crippen molar-refractivity contribution in [3.8, 4) is 0 Å². The topological polar surface area (TPSA) is 21.7 Å². The molecule has 3 nitrogen and oxygen atoms in total. The van der Waals surface area contributed by atoms with Crippen LogP contribution in [0.25, 0.3) is 0 Å². The van der Waals surface area contributed by atoms with Gasteiger partial charge in [-0.2, -0.15) is 0 Å². The fourth-order valence-electron chi connectivity index (χ4n) is 4.05. The maximum absolute atomic E-state index is 5.96. The van der Waals surface area contributed by atoms with Crippen molar-refractivity contribution in [1.29, 1.82) is 0 Å². The molecule has 3 rings (SSSR count). The van der Waals surface area contributed by atoms with Crippen LogP contribution < -0.4 is 0 Å². The molecule has 0 amide bonds. The normalized spacial score (nSPS) is 41.2. The van der Waals surface area contributed by atoms with Crippen molar-refractivity contribution in [3.05, 3.63) is 0 Å². The lowest BCUT2D eigenvalue weighted by Gasteiger charge is -2.43. The number of morpholine rings is 1. The second kappa shape index (κ2) is 5.89. The van der Waals surface area contributed by atoms with Gasteiger partial charge in [0.15, 0.2) is 0 Å². The summed E-state index contributed by atoms with van der Waals surface area (Å²) in [6.45, 7) is 6.27. The zero-order valence-electron chi connectivity index (χ0n) is 11.6. The lowest BCUT2D eigenvalue weighted by molar-refractivity contribution is -0.0739. The SMILES string of the molecule is CCOCC1CCCCC1N1CC2CCC(C1)O2. The quantitative estimate of drug-likeness (QED) is 0.768. The molecule has 0 N–H and O–H groups in total. The summed E-state index contributed by atoms with van der Waals surface area (Å²) in [5.74, 6) is 0.760. The van der Waals surface area contributed by atoms with Crippen molar-refractivity contribution in [2.45, 2.75) is 63.7 Å². The van der Waals surface area contributed by atoms with Gasteiger partial charge >= 0.3 is 0 Å². The van der Waals surface area contributed by atoms with Crippen LogP contribution in [0, 0.1) is 5.92 Å². The average Bonchev–Trinajstić information content (AvgIpc) is 2.75. The van der Waals surface area contributed by atoms with Crippen LogP contribution in [-0.2, 0) is 9.47 Å². The molecule has 3 fully saturated rings. The van der Waals surface area contributed by atoms with Crippen LogP contribution in [0.4, 0.5) is 0 Å². The van der Waals surface area contributed by atoms with Crippen molar-refractivity contribution >= 4 is 0 Å². The Morgan fingerprint density at radius 3 is 2.50 bits per heavy atom. The molecule has 104 valence electrons. The highest BCUT2D eigenvalue weighted by Gasteiger charge is 2.39. The minimum absolute atomic E-state index is 0.526. The lowest BCUT2D eigenvalue weighted by Crippen LogP contribution is -2.52. The minimum Gasteiger partial charge on any atom is -0.381 e. The molecule has 0 radical (unpaired) electrons. The Hall–Kier alpha value is -0.120. The zero-order chi connectivity index (χ0) is 12.4. The summed E-state index contributed by atoms with van der Waals surface area (Å²) in [7, 11) is 0. The summed E-state index contributed by atoms with van der Waals surface area (Å²) >= 11 is 0. The first-order valence-corrected chi connectivity index (χ1v) is 7.84. The number of rotatable bonds is 4. The van der Waals surface area contributed by atoms with Crippen LogP contribution in [0.15, 0.2) is 0 Å². The number of ether oxygens (including phenoxy) is 2. The van der Waals surface area contributed by atoms with E-state index in [1.54, 1.807) is 0 Å². The molecule has 0 aromatic carbocycles. The van der Waals surface area contributed by atoms with Crippen molar-refractivity contribution in [1.82, 2.24) is 4.90 Å². The Morgan fingerprint density at radius 1 is 1.06 bits per heavy atom. The van der Waals surface area contributed by atoms with Crippen LogP contribution in [0.3, 0.4) is 0 Å². The van der Waals surface area contributed by atoms with E-state index in [-0.39, 0.29) is 0 Å². The maximum Gasteiger partial charge on any atom is 0.0707 e. The molecule has 2 saturated heterocycles. The second-order valence-electron chi connectivity index (χ2n) is 6.18. The van der Waals surface area contributed by atoms with Crippen LogP contribution in [-0.4, -0.2) is 49.5 Å². The van der Waals surface area contributed by atoms with Gasteiger partial charge in [0.05, 0.1) is 18.8 Å². The first kappa shape index (κ1) is 12.9. The highest BCUT2D eigenvalue weighted by molar-refractivity contribution is 4.91. The predicted octanol–water partition coefficient (Wildman–Crippen LogP) is 2.44. The van der Waals surface area contributed by atoms with Gasteiger partial charge in [-0.15, -0.1) is 0 Å².